The van der Waals surface area contributed by atoms with Gasteiger partial charge in [-0.2, -0.15) is 0 Å². The second-order valence-corrected chi connectivity index (χ2v) is 7.78. The van der Waals surface area contributed by atoms with Crippen molar-refractivity contribution in [2.45, 2.75) is 39.8 Å². The van der Waals surface area contributed by atoms with E-state index in [0.717, 1.165) is 62.2 Å². The van der Waals surface area contributed by atoms with E-state index in [9.17, 15) is 4.39 Å². The number of benzene rings is 1. The molecule has 172 valence electrons. The zero-order valence-corrected chi connectivity index (χ0v) is 21.1. The lowest BCUT2D eigenvalue weighted by atomic mass is 10.1. The molecule has 1 saturated heterocycles. The lowest BCUT2D eigenvalue weighted by molar-refractivity contribution is 0.172. The second-order valence-electron chi connectivity index (χ2n) is 7.78. The summed E-state index contributed by atoms with van der Waals surface area (Å²) in [6, 6.07) is 7.14. The summed E-state index contributed by atoms with van der Waals surface area (Å²) in [5.74, 6) is 1.96. The fraction of sp³-hybridized carbons (Fsp3) is 0.545. The summed E-state index contributed by atoms with van der Waals surface area (Å²) in [7, 11) is 1.48. The van der Waals surface area contributed by atoms with Crippen LogP contribution in [0.2, 0.25) is 0 Å². The quantitative estimate of drug-likeness (QED) is 0.324. The molecule has 0 aliphatic carbocycles. The van der Waals surface area contributed by atoms with E-state index < -0.39 is 0 Å². The maximum atomic E-state index is 13.9. The number of methoxy groups -OCH3 is 1. The van der Waals surface area contributed by atoms with E-state index in [0.29, 0.717) is 12.5 Å². The van der Waals surface area contributed by atoms with Crippen LogP contribution in [-0.4, -0.2) is 60.7 Å². The number of aliphatic imine (C=N–C) groups is 1. The van der Waals surface area contributed by atoms with E-state index in [-0.39, 0.29) is 35.5 Å². The number of hydrogen-bond donors (Lipinski definition) is 1. The molecule has 0 spiro atoms. The zero-order valence-electron chi connectivity index (χ0n) is 18.7. The molecule has 3 rings (SSSR count). The summed E-state index contributed by atoms with van der Waals surface area (Å²) in [5, 5.41) is 7.47. The first-order valence-electron chi connectivity index (χ1n) is 10.5. The molecule has 1 aromatic carbocycles. The van der Waals surface area contributed by atoms with Crippen molar-refractivity contribution in [2.24, 2.45) is 4.99 Å². The first kappa shape index (κ1) is 25.4. The smallest absolute Gasteiger partial charge is 0.194 e. The fourth-order valence-electron chi connectivity index (χ4n) is 3.44. The normalized spacial score (nSPS) is 15.2. The third-order valence-corrected chi connectivity index (χ3v) is 5.18. The number of guanidine groups is 1. The minimum absolute atomic E-state index is 0. The van der Waals surface area contributed by atoms with Crippen molar-refractivity contribution < 1.29 is 13.7 Å². The van der Waals surface area contributed by atoms with Gasteiger partial charge >= 0.3 is 0 Å². The molecule has 1 aliphatic rings. The number of hydrogen-bond acceptors (Lipinski definition) is 5. The van der Waals surface area contributed by atoms with Gasteiger partial charge in [-0.3, -0.25) is 4.90 Å². The second kappa shape index (κ2) is 12.2. The van der Waals surface area contributed by atoms with Crippen molar-refractivity contribution in [3.05, 3.63) is 47.1 Å². The maximum Gasteiger partial charge on any atom is 0.194 e. The summed E-state index contributed by atoms with van der Waals surface area (Å²) in [5.41, 5.74) is 1.90. The van der Waals surface area contributed by atoms with Gasteiger partial charge in [-0.05, 0) is 30.5 Å². The minimum Gasteiger partial charge on any atom is -0.494 e. The molecule has 0 bridgehead atoms. The molecule has 1 fully saturated rings. The van der Waals surface area contributed by atoms with Gasteiger partial charge in [0.25, 0.3) is 0 Å². The van der Waals surface area contributed by atoms with E-state index in [2.05, 4.69) is 41.0 Å². The predicted octanol–water partition coefficient (Wildman–Crippen LogP) is 3.85. The molecule has 7 nitrogen and oxygen atoms in total. The molecular formula is C22H33FIN5O2. The molecule has 1 aromatic heterocycles. The van der Waals surface area contributed by atoms with Crippen LogP contribution in [-0.2, 0) is 13.1 Å². The molecule has 0 unspecified atom stereocenters. The molecule has 2 heterocycles. The fourth-order valence-corrected chi connectivity index (χ4v) is 3.44. The average molecular weight is 545 g/mol. The predicted molar refractivity (Wildman–Crippen MR) is 131 cm³/mol. The summed E-state index contributed by atoms with van der Waals surface area (Å²) < 4.78 is 24.3. The largest absolute Gasteiger partial charge is 0.494 e. The molecule has 2 aromatic rings. The zero-order chi connectivity index (χ0) is 21.5. The number of ether oxygens (including phenoxy) is 1. The van der Waals surface area contributed by atoms with Gasteiger partial charge in [0.1, 0.15) is 6.54 Å². The molecule has 9 heteroatoms. The number of nitrogens with zero attached hydrogens (tertiary/aromatic N) is 4. The monoisotopic (exact) mass is 545 g/mol. The summed E-state index contributed by atoms with van der Waals surface area (Å²) in [4.78, 5) is 9.32. The Hall–Kier alpha value is -1.88. The van der Waals surface area contributed by atoms with E-state index >= 15 is 0 Å². The topological polar surface area (TPSA) is 66.1 Å². The van der Waals surface area contributed by atoms with Crippen LogP contribution in [0.1, 0.15) is 43.7 Å². The molecule has 1 N–H and O–H groups in total. The van der Waals surface area contributed by atoms with Crippen LogP contribution in [0.3, 0.4) is 0 Å². The van der Waals surface area contributed by atoms with Crippen molar-refractivity contribution >= 4 is 29.9 Å². The maximum absolute atomic E-state index is 13.9. The SMILES string of the molecule is CCNC(=NCc1cc(C(C)C)no1)N1CCN(Cc2ccc(OC)c(F)c2)CC1.I. The van der Waals surface area contributed by atoms with Gasteiger partial charge in [0.2, 0.25) is 0 Å². The van der Waals surface area contributed by atoms with Crippen LogP contribution in [0.5, 0.6) is 5.75 Å². The number of rotatable bonds is 7. The van der Waals surface area contributed by atoms with Gasteiger partial charge in [0, 0.05) is 45.3 Å². The van der Waals surface area contributed by atoms with Gasteiger partial charge in [-0.1, -0.05) is 25.1 Å². The van der Waals surface area contributed by atoms with Crippen molar-refractivity contribution in [1.82, 2.24) is 20.3 Å². The lowest BCUT2D eigenvalue weighted by Crippen LogP contribution is -2.52. The van der Waals surface area contributed by atoms with E-state index in [1.165, 1.54) is 7.11 Å². The van der Waals surface area contributed by atoms with Crippen LogP contribution in [0.4, 0.5) is 4.39 Å². The Morgan fingerprint density at radius 2 is 2.00 bits per heavy atom. The van der Waals surface area contributed by atoms with Crippen molar-refractivity contribution in [3.8, 4) is 5.75 Å². The highest BCUT2D eigenvalue weighted by Crippen LogP contribution is 2.19. The Morgan fingerprint density at radius 3 is 2.58 bits per heavy atom. The van der Waals surface area contributed by atoms with Gasteiger partial charge in [0.15, 0.2) is 23.3 Å². The molecule has 0 radical (unpaired) electrons. The molecular weight excluding hydrogens is 512 g/mol. The van der Waals surface area contributed by atoms with Crippen LogP contribution in [0.25, 0.3) is 0 Å². The molecule has 1 aliphatic heterocycles. The standard InChI is InChI=1S/C22H32FN5O2.HI/c1-5-24-22(25-14-18-13-20(16(2)3)26-30-18)28-10-8-27(9-11-28)15-17-6-7-21(29-4)19(23)12-17;/h6-7,12-13,16H,5,8-11,14-15H2,1-4H3,(H,24,25);1H. The summed E-state index contributed by atoms with van der Waals surface area (Å²) >= 11 is 0. The highest BCUT2D eigenvalue weighted by atomic mass is 127. The van der Waals surface area contributed by atoms with Gasteiger partial charge in [-0.15, -0.1) is 24.0 Å². The Kier molecular flexibility index (Phi) is 10.0. The number of halogens is 2. The van der Waals surface area contributed by atoms with Crippen molar-refractivity contribution in [1.29, 1.82) is 0 Å². The average Bonchev–Trinajstić information content (AvgIpc) is 3.21. The first-order valence-corrected chi connectivity index (χ1v) is 10.5. The van der Waals surface area contributed by atoms with Crippen LogP contribution in [0.15, 0.2) is 33.8 Å². The molecule has 0 saturated carbocycles. The third-order valence-electron chi connectivity index (χ3n) is 5.18. The molecule has 0 atom stereocenters. The lowest BCUT2D eigenvalue weighted by Gasteiger charge is -2.36. The Balaban J connectivity index is 0.00000341. The van der Waals surface area contributed by atoms with Crippen LogP contribution >= 0.6 is 24.0 Å². The van der Waals surface area contributed by atoms with E-state index in [1.807, 2.05) is 12.1 Å². The summed E-state index contributed by atoms with van der Waals surface area (Å²) in [6.45, 7) is 11.7. The Bertz CT molecular complexity index is 850. The highest BCUT2D eigenvalue weighted by Gasteiger charge is 2.20. The highest BCUT2D eigenvalue weighted by molar-refractivity contribution is 14.0. The van der Waals surface area contributed by atoms with Crippen molar-refractivity contribution in [2.75, 3.05) is 39.8 Å². The third kappa shape index (κ3) is 7.06. The number of nitrogens with one attached hydrogen (secondary N) is 1. The Labute approximate surface area is 201 Å². The summed E-state index contributed by atoms with van der Waals surface area (Å²) in [6.07, 6.45) is 0. The minimum atomic E-state index is -0.316. The van der Waals surface area contributed by atoms with Crippen LogP contribution in [0, 0.1) is 5.82 Å². The van der Waals surface area contributed by atoms with E-state index in [4.69, 9.17) is 14.3 Å². The van der Waals surface area contributed by atoms with Crippen molar-refractivity contribution in [3.63, 3.8) is 0 Å². The Morgan fingerprint density at radius 1 is 1.26 bits per heavy atom. The van der Waals surface area contributed by atoms with Gasteiger partial charge < -0.3 is 19.5 Å². The molecule has 0 amide bonds. The van der Waals surface area contributed by atoms with Gasteiger partial charge in [-0.25, -0.2) is 9.38 Å². The van der Waals surface area contributed by atoms with Crippen LogP contribution < -0.4 is 10.1 Å². The number of aromatic nitrogens is 1. The molecule has 31 heavy (non-hydrogen) atoms. The van der Waals surface area contributed by atoms with Gasteiger partial charge in [0.05, 0.1) is 12.8 Å². The first-order chi connectivity index (χ1) is 14.5. The number of piperazine rings is 1. The van der Waals surface area contributed by atoms with E-state index in [1.54, 1.807) is 12.1 Å².